The van der Waals surface area contributed by atoms with Crippen molar-refractivity contribution in [1.29, 1.82) is 0 Å². The van der Waals surface area contributed by atoms with Crippen molar-refractivity contribution in [3.63, 3.8) is 0 Å². The van der Waals surface area contributed by atoms with Crippen LogP contribution in [-0.4, -0.2) is 0 Å². The Morgan fingerprint density at radius 2 is 1.04 bits per heavy atom. The Labute approximate surface area is 145 Å². The molecule has 0 aromatic heterocycles. The van der Waals surface area contributed by atoms with Crippen molar-refractivity contribution < 1.29 is 0 Å². The first-order valence-corrected chi connectivity index (χ1v) is 9.43. The Morgan fingerprint density at radius 3 is 1.43 bits per heavy atom. The molecule has 2 aromatic carbocycles. The summed E-state index contributed by atoms with van der Waals surface area (Å²) in [6, 6.07) is 21.2. The second kappa shape index (κ2) is 15.3. The van der Waals surface area contributed by atoms with Crippen molar-refractivity contribution >= 4 is 0 Å². The molecule has 1 aliphatic rings. The van der Waals surface area contributed by atoms with E-state index in [1.165, 1.54) is 37.7 Å². The van der Waals surface area contributed by atoms with E-state index in [-0.39, 0.29) is 0 Å². The highest BCUT2D eigenvalue weighted by molar-refractivity contribution is 5.19. The Bertz CT molecular complexity index is 438. The van der Waals surface area contributed by atoms with E-state index in [9.17, 15) is 0 Å². The smallest absolute Gasteiger partial charge is 0.0162 e. The molecule has 0 N–H and O–H groups in total. The van der Waals surface area contributed by atoms with Crippen molar-refractivity contribution in [2.24, 2.45) is 0 Å². The van der Waals surface area contributed by atoms with Crippen LogP contribution in [0, 0.1) is 6.92 Å². The fourth-order valence-electron chi connectivity index (χ4n) is 2.70. The third kappa shape index (κ3) is 9.94. The zero-order valence-electron chi connectivity index (χ0n) is 15.9. The Hall–Kier alpha value is -1.56. The van der Waals surface area contributed by atoms with Gasteiger partial charge in [0.2, 0.25) is 0 Å². The lowest BCUT2D eigenvalue weighted by atomic mass is 9.84. The molecule has 0 atom stereocenters. The minimum atomic E-state index is 0.861. The van der Waals surface area contributed by atoms with Gasteiger partial charge in [0.15, 0.2) is 0 Å². The lowest BCUT2D eigenvalue weighted by molar-refractivity contribution is 0.443. The number of hydrogen-bond donors (Lipinski definition) is 0. The summed E-state index contributed by atoms with van der Waals surface area (Å²) < 4.78 is 0. The van der Waals surface area contributed by atoms with Crippen LogP contribution in [0.4, 0.5) is 0 Å². The molecule has 128 valence electrons. The van der Waals surface area contributed by atoms with Crippen molar-refractivity contribution in [2.75, 3.05) is 0 Å². The fourth-order valence-corrected chi connectivity index (χ4v) is 2.70. The molecule has 0 spiro atoms. The first-order valence-electron chi connectivity index (χ1n) is 9.43. The molecule has 0 aliphatic heterocycles. The molecule has 0 saturated heterocycles. The van der Waals surface area contributed by atoms with Crippen LogP contribution in [0.3, 0.4) is 0 Å². The minimum absolute atomic E-state index is 0.861. The summed E-state index contributed by atoms with van der Waals surface area (Å²) in [4.78, 5) is 0. The van der Waals surface area contributed by atoms with Gasteiger partial charge in [0.05, 0.1) is 0 Å². The van der Waals surface area contributed by atoms with Crippen molar-refractivity contribution in [3.05, 3.63) is 71.8 Å². The van der Waals surface area contributed by atoms with Gasteiger partial charge in [-0.3, -0.25) is 0 Å². The van der Waals surface area contributed by atoms with Crippen LogP contribution in [-0.2, 0) is 0 Å². The third-order valence-electron chi connectivity index (χ3n) is 3.82. The predicted molar refractivity (Wildman–Crippen MR) is 106 cm³/mol. The standard InChI is InChI=1S/C12H16.C7H8.2C2H6/c1-3-7-11(8-4-1)12-9-5-2-6-10-12;1-7-5-3-2-4-6-7;2*1-2/h1,3-4,7-8,12H,2,5-6,9-10H2;2-6H,1H3;2*1-2H3. The van der Waals surface area contributed by atoms with E-state index in [2.05, 4.69) is 49.4 Å². The quantitative estimate of drug-likeness (QED) is 0.504. The van der Waals surface area contributed by atoms with Crippen LogP contribution < -0.4 is 0 Å². The highest BCUT2D eigenvalue weighted by Crippen LogP contribution is 2.32. The van der Waals surface area contributed by atoms with Crippen LogP contribution in [0.5, 0.6) is 0 Å². The van der Waals surface area contributed by atoms with Crippen LogP contribution in [0.25, 0.3) is 0 Å². The van der Waals surface area contributed by atoms with Crippen molar-refractivity contribution in [2.45, 2.75) is 72.6 Å². The first kappa shape index (κ1) is 21.4. The third-order valence-corrected chi connectivity index (χ3v) is 3.82. The van der Waals surface area contributed by atoms with Gasteiger partial charge in [-0.1, -0.05) is 113 Å². The average Bonchev–Trinajstić information content (AvgIpc) is 2.68. The molecule has 0 heterocycles. The summed E-state index contributed by atoms with van der Waals surface area (Å²) >= 11 is 0. The molecule has 0 heteroatoms. The molecule has 1 fully saturated rings. The summed E-state index contributed by atoms with van der Waals surface area (Å²) in [7, 11) is 0. The zero-order chi connectivity index (χ0) is 17.3. The van der Waals surface area contributed by atoms with E-state index < -0.39 is 0 Å². The van der Waals surface area contributed by atoms with E-state index >= 15 is 0 Å². The van der Waals surface area contributed by atoms with E-state index in [1.54, 1.807) is 5.56 Å². The van der Waals surface area contributed by atoms with E-state index in [1.807, 2.05) is 45.9 Å². The largest absolute Gasteiger partial charge is 0.0683 e. The summed E-state index contributed by atoms with van der Waals surface area (Å²) in [6.07, 6.45) is 7.12. The molecule has 0 unspecified atom stereocenters. The molecular weight excluding hydrogens is 276 g/mol. The second-order valence-electron chi connectivity index (χ2n) is 5.40. The van der Waals surface area contributed by atoms with Crippen LogP contribution in [0.15, 0.2) is 60.7 Å². The Balaban J connectivity index is 0.000000377. The van der Waals surface area contributed by atoms with Gasteiger partial charge in [-0.15, -0.1) is 0 Å². The highest BCUT2D eigenvalue weighted by atomic mass is 14.2. The second-order valence-corrected chi connectivity index (χ2v) is 5.40. The zero-order valence-corrected chi connectivity index (χ0v) is 15.9. The van der Waals surface area contributed by atoms with E-state index in [4.69, 9.17) is 0 Å². The molecule has 2 aromatic rings. The summed E-state index contributed by atoms with van der Waals surface area (Å²) in [6.45, 7) is 10.1. The van der Waals surface area contributed by atoms with E-state index in [0.717, 1.165) is 5.92 Å². The van der Waals surface area contributed by atoms with E-state index in [0.29, 0.717) is 0 Å². The van der Waals surface area contributed by atoms with Crippen molar-refractivity contribution in [1.82, 2.24) is 0 Å². The molecule has 0 bridgehead atoms. The summed E-state index contributed by atoms with van der Waals surface area (Å²) in [5.41, 5.74) is 2.87. The number of aryl methyl sites for hydroxylation is 1. The van der Waals surface area contributed by atoms with Gasteiger partial charge in [0, 0.05) is 0 Å². The molecule has 1 aliphatic carbocycles. The number of hydrogen-bond acceptors (Lipinski definition) is 0. The number of rotatable bonds is 1. The molecule has 0 radical (unpaired) electrons. The van der Waals surface area contributed by atoms with Crippen LogP contribution in [0.1, 0.15) is 76.8 Å². The summed E-state index contributed by atoms with van der Waals surface area (Å²) in [5, 5.41) is 0. The first-order chi connectivity index (χ1) is 11.4. The fraction of sp³-hybridized carbons (Fsp3) is 0.478. The molecule has 3 rings (SSSR count). The summed E-state index contributed by atoms with van der Waals surface area (Å²) in [5.74, 6) is 0.861. The van der Waals surface area contributed by atoms with Crippen molar-refractivity contribution in [3.8, 4) is 0 Å². The van der Waals surface area contributed by atoms with Gasteiger partial charge < -0.3 is 0 Å². The highest BCUT2D eigenvalue weighted by Gasteiger charge is 2.14. The predicted octanol–water partition coefficient (Wildman–Crippen LogP) is 7.78. The van der Waals surface area contributed by atoms with Gasteiger partial charge in [0.25, 0.3) is 0 Å². The van der Waals surface area contributed by atoms with Gasteiger partial charge >= 0.3 is 0 Å². The van der Waals surface area contributed by atoms with Gasteiger partial charge in [-0.05, 0) is 31.2 Å². The Kier molecular flexibility index (Phi) is 14.3. The lowest BCUT2D eigenvalue weighted by Crippen LogP contribution is -2.03. The SMILES string of the molecule is CC.CC.Cc1ccccc1.c1ccc(C2CCCCC2)cc1. The Morgan fingerprint density at radius 1 is 0.609 bits per heavy atom. The molecule has 23 heavy (non-hydrogen) atoms. The normalized spacial score (nSPS) is 13.3. The lowest BCUT2D eigenvalue weighted by Gasteiger charge is -2.21. The van der Waals surface area contributed by atoms with Gasteiger partial charge in [-0.2, -0.15) is 0 Å². The maximum Gasteiger partial charge on any atom is -0.0162 e. The van der Waals surface area contributed by atoms with Crippen LogP contribution >= 0.6 is 0 Å². The maximum atomic E-state index is 2.27. The molecule has 1 saturated carbocycles. The molecule has 0 amide bonds. The van der Waals surface area contributed by atoms with Gasteiger partial charge in [0.1, 0.15) is 0 Å². The average molecular weight is 313 g/mol. The monoisotopic (exact) mass is 312 g/mol. The van der Waals surface area contributed by atoms with Gasteiger partial charge in [-0.25, -0.2) is 0 Å². The number of benzene rings is 2. The van der Waals surface area contributed by atoms with Crippen LogP contribution in [0.2, 0.25) is 0 Å². The maximum absolute atomic E-state index is 2.27. The topological polar surface area (TPSA) is 0 Å². The molecule has 0 nitrogen and oxygen atoms in total. The minimum Gasteiger partial charge on any atom is -0.0683 e. The molecular formula is C23H36.